The Hall–Kier alpha value is -2.23. The lowest BCUT2D eigenvalue weighted by Gasteiger charge is -2.20. The molecule has 2 unspecified atom stereocenters. The first kappa shape index (κ1) is 14.2. The molecule has 0 spiro atoms. The highest BCUT2D eigenvalue weighted by atomic mass is 15.3. The number of hydrogen-bond acceptors (Lipinski definition) is 2. The Kier molecular flexibility index (Phi) is 4.45. The SMILES string of the molecule is CC1=CC(C)C(N=C(N=NN)c2ccccc2)=CC1C. The van der Waals surface area contributed by atoms with E-state index in [1.807, 2.05) is 30.3 Å². The molecule has 1 aromatic carbocycles. The average Bonchev–Trinajstić information content (AvgIpc) is 2.45. The van der Waals surface area contributed by atoms with Gasteiger partial charge in [-0.05, 0) is 12.8 Å². The minimum atomic E-state index is 0.276. The molecule has 20 heavy (non-hydrogen) atoms. The van der Waals surface area contributed by atoms with Crippen molar-refractivity contribution in [1.82, 2.24) is 0 Å². The van der Waals surface area contributed by atoms with Gasteiger partial charge in [-0.3, -0.25) is 0 Å². The van der Waals surface area contributed by atoms with Crippen LogP contribution in [0.4, 0.5) is 0 Å². The zero-order valence-corrected chi connectivity index (χ0v) is 12.1. The number of nitrogens with two attached hydrogens (primary N) is 1. The minimum absolute atomic E-state index is 0.276. The van der Waals surface area contributed by atoms with Crippen LogP contribution in [0.2, 0.25) is 0 Å². The molecule has 1 aliphatic carbocycles. The predicted octanol–water partition coefficient (Wildman–Crippen LogP) is 3.88. The Labute approximate surface area is 119 Å². The van der Waals surface area contributed by atoms with Crippen LogP contribution in [0, 0.1) is 11.8 Å². The normalized spacial score (nSPS) is 23.6. The fourth-order valence-electron chi connectivity index (χ4n) is 2.22. The van der Waals surface area contributed by atoms with Gasteiger partial charge in [0.1, 0.15) is 0 Å². The Bertz CT molecular complexity index is 582. The summed E-state index contributed by atoms with van der Waals surface area (Å²) in [6.07, 6.45) is 4.42. The predicted molar refractivity (Wildman–Crippen MR) is 82.2 cm³/mol. The third-order valence-electron chi connectivity index (χ3n) is 3.54. The van der Waals surface area contributed by atoms with Gasteiger partial charge < -0.3 is 5.84 Å². The zero-order chi connectivity index (χ0) is 14.5. The van der Waals surface area contributed by atoms with Crippen molar-refractivity contribution in [3.05, 3.63) is 59.3 Å². The molecule has 0 radical (unpaired) electrons. The molecular formula is C16H20N4. The van der Waals surface area contributed by atoms with Crippen molar-refractivity contribution in [1.29, 1.82) is 0 Å². The fraction of sp³-hybridized carbons (Fsp3) is 0.312. The first-order valence-corrected chi connectivity index (χ1v) is 6.77. The van der Waals surface area contributed by atoms with Gasteiger partial charge in [-0.2, -0.15) is 0 Å². The molecule has 4 nitrogen and oxygen atoms in total. The molecule has 0 aliphatic heterocycles. The Morgan fingerprint density at radius 2 is 1.75 bits per heavy atom. The summed E-state index contributed by atoms with van der Waals surface area (Å²) in [5.41, 5.74) is 3.29. The molecule has 0 amide bonds. The van der Waals surface area contributed by atoms with Crippen LogP contribution in [0.3, 0.4) is 0 Å². The van der Waals surface area contributed by atoms with E-state index in [0.29, 0.717) is 11.8 Å². The summed E-state index contributed by atoms with van der Waals surface area (Å²) in [5, 5.41) is 7.35. The minimum Gasteiger partial charge on any atom is -0.305 e. The van der Waals surface area contributed by atoms with Crippen molar-refractivity contribution >= 4 is 5.84 Å². The zero-order valence-electron chi connectivity index (χ0n) is 12.1. The lowest BCUT2D eigenvalue weighted by molar-refractivity contribution is 0.727. The number of aliphatic imine (C=N–C) groups is 1. The number of allylic oxidation sites excluding steroid dienone is 3. The third kappa shape index (κ3) is 3.20. The van der Waals surface area contributed by atoms with Crippen molar-refractivity contribution in [2.45, 2.75) is 20.8 Å². The van der Waals surface area contributed by atoms with Crippen molar-refractivity contribution < 1.29 is 0 Å². The number of rotatable bonds is 2. The van der Waals surface area contributed by atoms with Crippen LogP contribution in [-0.2, 0) is 0 Å². The van der Waals surface area contributed by atoms with Crippen LogP contribution in [-0.4, -0.2) is 5.84 Å². The highest BCUT2D eigenvalue weighted by molar-refractivity contribution is 5.99. The number of nitrogens with zero attached hydrogens (tertiary/aromatic N) is 3. The summed E-state index contributed by atoms with van der Waals surface area (Å²) < 4.78 is 0. The van der Waals surface area contributed by atoms with Gasteiger partial charge in [0.05, 0.1) is 0 Å². The van der Waals surface area contributed by atoms with E-state index in [1.165, 1.54) is 5.57 Å². The molecular weight excluding hydrogens is 248 g/mol. The summed E-state index contributed by atoms with van der Waals surface area (Å²) in [7, 11) is 0. The molecule has 2 rings (SSSR count). The number of benzene rings is 1. The van der Waals surface area contributed by atoms with E-state index in [-0.39, 0.29) is 5.92 Å². The lowest BCUT2D eigenvalue weighted by atomic mass is 9.89. The smallest absolute Gasteiger partial charge is 0.183 e. The first-order valence-electron chi connectivity index (χ1n) is 6.77. The second-order valence-corrected chi connectivity index (χ2v) is 5.10. The van der Waals surface area contributed by atoms with E-state index in [1.54, 1.807) is 0 Å². The summed E-state index contributed by atoms with van der Waals surface area (Å²) in [6, 6.07) is 9.75. The number of hydrogen-bond donors (Lipinski definition) is 1. The topological polar surface area (TPSA) is 63.1 Å². The summed E-state index contributed by atoms with van der Waals surface area (Å²) in [4.78, 5) is 4.65. The number of amidine groups is 1. The van der Waals surface area contributed by atoms with Crippen molar-refractivity contribution in [3.8, 4) is 0 Å². The average molecular weight is 268 g/mol. The van der Waals surface area contributed by atoms with Crippen molar-refractivity contribution in [2.24, 2.45) is 33.0 Å². The van der Waals surface area contributed by atoms with Crippen LogP contribution in [0.5, 0.6) is 0 Å². The lowest BCUT2D eigenvalue weighted by Crippen LogP contribution is -2.09. The maximum Gasteiger partial charge on any atom is 0.183 e. The molecule has 4 heteroatoms. The van der Waals surface area contributed by atoms with E-state index in [0.717, 1.165) is 11.3 Å². The molecule has 0 bridgehead atoms. The largest absolute Gasteiger partial charge is 0.305 e. The van der Waals surface area contributed by atoms with Gasteiger partial charge in [0.2, 0.25) is 0 Å². The second kappa shape index (κ2) is 6.28. The van der Waals surface area contributed by atoms with Gasteiger partial charge in [0.15, 0.2) is 5.84 Å². The summed E-state index contributed by atoms with van der Waals surface area (Å²) in [6.45, 7) is 6.45. The highest BCUT2D eigenvalue weighted by Crippen LogP contribution is 2.28. The van der Waals surface area contributed by atoms with E-state index in [2.05, 4.69) is 48.3 Å². The van der Waals surface area contributed by atoms with Gasteiger partial charge in [0.25, 0.3) is 0 Å². The van der Waals surface area contributed by atoms with E-state index in [9.17, 15) is 0 Å². The Morgan fingerprint density at radius 1 is 1.05 bits per heavy atom. The monoisotopic (exact) mass is 268 g/mol. The molecule has 2 N–H and O–H groups in total. The van der Waals surface area contributed by atoms with Gasteiger partial charge in [0, 0.05) is 17.2 Å². The van der Waals surface area contributed by atoms with Gasteiger partial charge in [-0.25, -0.2) is 4.99 Å². The molecule has 0 fully saturated rings. The molecule has 0 aromatic heterocycles. The highest BCUT2D eigenvalue weighted by Gasteiger charge is 2.16. The van der Waals surface area contributed by atoms with Crippen LogP contribution < -0.4 is 5.84 Å². The van der Waals surface area contributed by atoms with E-state index < -0.39 is 0 Å². The van der Waals surface area contributed by atoms with E-state index >= 15 is 0 Å². The summed E-state index contributed by atoms with van der Waals surface area (Å²) in [5.74, 6) is 6.43. The third-order valence-corrected chi connectivity index (χ3v) is 3.54. The van der Waals surface area contributed by atoms with Gasteiger partial charge in [-0.1, -0.05) is 67.1 Å². The maximum absolute atomic E-state index is 5.20. The van der Waals surface area contributed by atoms with Crippen LogP contribution in [0.15, 0.2) is 69.1 Å². The molecule has 2 atom stereocenters. The molecule has 0 saturated carbocycles. The van der Waals surface area contributed by atoms with Gasteiger partial charge >= 0.3 is 0 Å². The molecule has 0 heterocycles. The quantitative estimate of drug-likeness (QED) is 0.217. The Morgan fingerprint density at radius 3 is 2.40 bits per heavy atom. The fourth-order valence-corrected chi connectivity index (χ4v) is 2.22. The van der Waals surface area contributed by atoms with Crippen molar-refractivity contribution in [3.63, 3.8) is 0 Å². The van der Waals surface area contributed by atoms with E-state index in [4.69, 9.17) is 5.84 Å². The molecule has 1 aliphatic rings. The molecule has 1 aromatic rings. The Balaban J connectivity index is 2.38. The van der Waals surface area contributed by atoms with Crippen LogP contribution in [0.25, 0.3) is 0 Å². The summed E-state index contributed by atoms with van der Waals surface area (Å²) >= 11 is 0. The standard InChI is InChI=1S/C16H20N4/c1-11-9-13(3)15(10-12(11)2)18-16(19-20-17)14-7-5-4-6-8-14/h4-10,12-13H,1-3H3,(H2,17,18,19). The first-order chi connectivity index (χ1) is 9.61. The second-order valence-electron chi connectivity index (χ2n) is 5.10. The van der Waals surface area contributed by atoms with Gasteiger partial charge in [-0.15, -0.1) is 5.11 Å². The van der Waals surface area contributed by atoms with Crippen LogP contribution in [0.1, 0.15) is 26.3 Å². The van der Waals surface area contributed by atoms with Crippen LogP contribution >= 0.6 is 0 Å². The maximum atomic E-state index is 5.20. The molecule has 0 saturated heterocycles. The van der Waals surface area contributed by atoms with Crippen molar-refractivity contribution in [2.75, 3.05) is 0 Å². The molecule has 104 valence electrons.